The van der Waals surface area contributed by atoms with E-state index >= 15 is 0 Å². The smallest absolute Gasteiger partial charge is 0.368 e. The van der Waals surface area contributed by atoms with Crippen molar-refractivity contribution >= 4 is 28.3 Å². The highest BCUT2D eigenvalue weighted by Crippen LogP contribution is 2.42. The number of halogens is 3. The third kappa shape index (κ3) is 3.80. The van der Waals surface area contributed by atoms with E-state index < -0.39 is 17.8 Å². The molecule has 0 spiro atoms. The molecule has 5 rings (SSSR count). The molecule has 2 bridgehead atoms. The molecule has 1 saturated carbocycles. The van der Waals surface area contributed by atoms with Crippen molar-refractivity contribution in [3.05, 3.63) is 53.7 Å². The number of piperidine rings is 1. The number of benzene rings is 2. The number of aromatic amines is 1. The maximum atomic E-state index is 13.8. The zero-order valence-corrected chi connectivity index (χ0v) is 16.7. The lowest BCUT2D eigenvalue weighted by Crippen LogP contribution is -2.32. The topological polar surface area (TPSA) is 73.1 Å². The Morgan fingerprint density at radius 1 is 1.23 bits per heavy atom. The molecule has 2 fully saturated rings. The van der Waals surface area contributed by atoms with Crippen LogP contribution in [0.25, 0.3) is 10.9 Å². The third-order valence-corrected chi connectivity index (χ3v) is 6.31. The number of carbonyl (C=O) groups is 1. The monoisotopic (exact) mass is 429 g/mol. The molecule has 2 heterocycles. The number of amides is 2. The minimum atomic E-state index is -4.50. The molecule has 3 N–H and O–H groups in total. The molecule has 1 aliphatic carbocycles. The second-order valence-electron chi connectivity index (χ2n) is 8.27. The quantitative estimate of drug-likeness (QED) is 0.553. The maximum Gasteiger partial charge on any atom is 0.416 e. The van der Waals surface area contributed by atoms with Gasteiger partial charge >= 0.3 is 12.2 Å². The van der Waals surface area contributed by atoms with Crippen LogP contribution in [0.15, 0.2) is 42.6 Å². The van der Waals surface area contributed by atoms with Crippen molar-refractivity contribution in [1.29, 1.82) is 0 Å². The lowest BCUT2D eigenvalue weighted by atomic mass is 10.0. The number of nitrogens with one attached hydrogen (secondary N) is 3. The number of H-pyrrole nitrogens is 1. The predicted molar refractivity (Wildman–Crippen MR) is 112 cm³/mol. The Bertz CT molecular complexity index is 1130. The highest BCUT2D eigenvalue weighted by atomic mass is 19.4. The first-order valence-corrected chi connectivity index (χ1v) is 10.3. The van der Waals surface area contributed by atoms with Gasteiger partial charge in [-0.05, 0) is 55.0 Å². The Balaban J connectivity index is 1.31. The molecule has 1 aromatic heterocycles. The molecule has 2 unspecified atom stereocenters. The second-order valence-corrected chi connectivity index (χ2v) is 8.27. The maximum absolute atomic E-state index is 13.8. The van der Waals surface area contributed by atoms with Crippen LogP contribution >= 0.6 is 0 Å². The summed E-state index contributed by atoms with van der Waals surface area (Å²) in [6, 6.07) is 9.46. The average Bonchev–Trinajstić information content (AvgIpc) is 3.48. The van der Waals surface area contributed by atoms with Crippen LogP contribution in [-0.4, -0.2) is 28.8 Å². The first-order valence-electron chi connectivity index (χ1n) is 10.3. The van der Waals surface area contributed by atoms with E-state index in [1.54, 1.807) is 24.4 Å². The number of rotatable bonds is 4. The van der Waals surface area contributed by atoms with Gasteiger partial charge in [0, 0.05) is 30.2 Å². The highest BCUT2D eigenvalue weighted by molar-refractivity contribution is 6.00. The van der Waals surface area contributed by atoms with Crippen molar-refractivity contribution in [2.75, 3.05) is 16.8 Å². The summed E-state index contributed by atoms with van der Waals surface area (Å²) in [4.78, 5) is 14.4. The molecule has 1 saturated heterocycles. The lowest BCUT2D eigenvalue weighted by molar-refractivity contribution is -0.138. The number of nitrogens with zero attached hydrogens (tertiary/aromatic N) is 2. The van der Waals surface area contributed by atoms with Crippen LogP contribution in [0.1, 0.15) is 30.4 Å². The zero-order valence-electron chi connectivity index (χ0n) is 16.7. The molecule has 2 aliphatic rings. The van der Waals surface area contributed by atoms with E-state index in [0.29, 0.717) is 23.3 Å². The van der Waals surface area contributed by atoms with E-state index in [-0.39, 0.29) is 12.1 Å². The van der Waals surface area contributed by atoms with Crippen molar-refractivity contribution in [3.8, 4) is 0 Å². The summed E-state index contributed by atoms with van der Waals surface area (Å²) in [7, 11) is 0. The predicted octanol–water partition coefficient (Wildman–Crippen LogP) is 4.89. The molecule has 2 atom stereocenters. The minimum Gasteiger partial charge on any atom is -0.368 e. The average molecular weight is 429 g/mol. The van der Waals surface area contributed by atoms with Crippen molar-refractivity contribution < 1.29 is 18.0 Å². The van der Waals surface area contributed by atoms with Crippen molar-refractivity contribution in [1.82, 2.24) is 15.5 Å². The number of carbonyl (C=O) groups excluding carboxylic acids is 1. The normalized spacial score (nSPS) is 20.4. The van der Waals surface area contributed by atoms with Crippen molar-refractivity contribution in [2.45, 2.75) is 38.0 Å². The molecular formula is C22H22F3N5O. The first kappa shape index (κ1) is 19.7. The molecule has 2 amide bonds. The minimum absolute atomic E-state index is 0.0391. The SMILES string of the molecule is O=C(NCc1ccc(N2CC3CCC2C3)cc1C(F)(F)F)Nc1cccc2[nH]ncc12. The van der Waals surface area contributed by atoms with Gasteiger partial charge in [-0.3, -0.25) is 5.10 Å². The Hall–Kier alpha value is -3.23. The van der Waals surface area contributed by atoms with E-state index in [1.807, 2.05) is 6.07 Å². The van der Waals surface area contributed by atoms with Crippen LogP contribution in [-0.2, 0) is 12.7 Å². The van der Waals surface area contributed by atoms with Crippen LogP contribution in [0.2, 0.25) is 0 Å². The lowest BCUT2D eigenvalue weighted by Gasteiger charge is -2.30. The van der Waals surface area contributed by atoms with Gasteiger partial charge in [-0.1, -0.05) is 12.1 Å². The summed E-state index contributed by atoms with van der Waals surface area (Å²) in [6.07, 6.45) is 0.352. The Morgan fingerprint density at radius 2 is 2.10 bits per heavy atom. The fourth-order valence-electron chi connectivity index (χ4n) is 4.82. The molecule has 9 heteroatoms. The Morgan fingerprint density at radius 3 is 2.84 bits per heavy atom. The summed E-state index contributed by atoms with van der Waals surface area (Å²) in [5, 5.41) is 12.7. The van der Waals surface area contributed by atoms with E-state index in [1.165, 1.54) is 12.1 Å². The van der Waals surface area contributed by atoms with Crippen LogP contribution in [0.5, 0.6) is 0 Å². The number of hydrogen-bond donors (Lipinski definition) is 3. The van der Waals surface area contributed by atoms with Gasteiger partial charge < -0.3 is 15.5 Å². The zero-order chi connectivity index (χ0) is 21.6. The Kier molecular flexibility index (Phi) is 4.75. The summed E-state index contributed by atoms with van der Waals surface area (Å²) >= 11 is 0. The summed E-state index contributed by atoms with van der Waals surface area (Å²) in [6.45, 7) is 0.593. The fraction of sp³-hybridized carbons (Fsp3) is 0.364. The number of aromatic nitrogens is 2. The van der Waals surface area contributed by atoms with Gasteiger partial charge in [-0.15, -0.1) is 0 Å². The number of alkyl halides is 3. The van der Waals surface area contributed by atoms with E-state index in [9.17, 15) is 18.0 Å². The van der Waals surface area contributed by atoms with Crippen LogP contribution < -0.4 is 15.5 Å². The van der Waals surface area contributed by atoms with Gasteiger partial charge in [-0.25, -0.2) is 4.79 Å². The summed E-state index contributed by atoms with van der Waals surface area (Å²) in [5.74, 6) is 0.587. The molecule has 1 aliphatic heterocycles. The first-order chi connectivity index (χ1) is 14.9. The number of fused-ring (bicyclic) bond motifs is 3. The van der Waals surface area contributed by atoms with Gasteiger partial charge in [0.1, 0.15) is 0 Å². The van der Waals surface area contributed by atoms with Crippen LogP contribution in [0.3, 0.4) is 0 Å². The van der Waals surface area contributed by atoms with Crippen LogP contribution in [0, 0.1) is 5.92 Å². The number of urea groups is 1. The summed E-state index contributed by atoms with van der Waals surface area (Å²) < 4.78 is 41.3. The van der Waals surface area contributed by atoms with Gasteiger partial charge in [0.2, 0.25) is 0 Å². The summed E-state index contributed by atoms with van der Waals surface area (Å²) in [5.41, 5.74) is 1.23. The standard InChI is InChI=1S/C22H22F3N5O/c23-22(24,25)18-9-16(30-12-13-4-6-15(30)8-13)7-5-14(18)10-26-21(31)28-19-2-1-3-20-17(19)11-27-29-20/h1-3,5,7,9,11,13,15H,4,6,8,10,12H2,(H,27,29)(H2,26,28,31). The van der Waals surface area contributed by atoms with E-state index in [4.69, 9.17) is 0 Å². The molecule has 6 nitrogen and oxygen atoms in total. The second kappa shape index (κ2) is 7.47. The van der Waals surface area contributed by atoms with E-state index in [2.05, 4.69) is 25.7 Å². The molecule has 0 radical (unpaired) electrons. The van der Waals surface area contributed by atoms with Gasteiger partial charge in [0.25, 0.3) is 0 Å². The molecule has 162 valence electrons. The van der Waals surface area contributed by atoms with Crippen LogP contribution in [0.4, 0.5) is 29.3 Å². The molecule has 3 aromatic rings. The highest BCUT2D eigenvalue weighted by Gasteiger charge is 2.39. The fourth-order valence-corrected chi connectivity index (χ4v) is 4.82. The largest absolute Gasteiger partial charge is 0.416 e. The Labute approximate surface area is 176 Å². The molecule has 31 heavy (non-hydrogen) atoms. The van der Waals surface area contributed by atoms with Crippen molar-refractivity contribution in [2.24, 2.45) is 5.92 Å². The molecular weight excluding hydrogens is 407 g/mol. The number of anilines is 2. The van der Waals surface area contributed by atoms with E-state index in [0.717, 1.165) is 36.7 Å². The van der Waals surface area contributed by atoms with Gasteiger partial charge in [0.05, 0.1) is 23.0 Å². The van der Waals surface area contributed by atoms with Crippen molar-refractivity contribution in [3.63, 3.8) is 0 Å². The third-order valence-electron chi connectivity index (χ3n) is 6.31. The molecule has 2 aromatic carbocycles. The number of hydrogen-bond acceptors (Lipinski definition) is 3. The van der Waals surface area contributed by atoms with Gasteiger partial charge in [-0.2, -0.15) is 18.3 Å². The van der Waals surface area contributed by atoms with Gasteiger partial charge in [0.15, 0.2) is 0 Å².